The summed E-state index contributed by atoms with van der Waals surface area (Å²) in [5.41, 5.74) is 3.51. The zero-order valence-corrected chi connectivity index (χ0v) is 17.9. The summed E-state index contributed by atoms with van der Waals surface area (Å²) in [5, 5.41) is 8.96. The Morgan fingerprint density at radius 1 is 1.29 bits per heavy atom. The number of halogens is 1. The Bertz CT molecular complexity index is 1090. The maximum Gasteiger partial charge on any atom is 0.410 e. The van der Waals surface area contributed by atoms with Crippen molar-refractivity contribution in [3.05, 3.63) is 70.5 Å². The Kier molecular flexibility index (Phi) is 5.45. The van der Waals surface area contributed by atoms with Gasteiger partial charge in [-0.1, -0.05) is 24.3 Å². The average molecular weight is 420 g/mol. The van der Waals surface area contributed by atoms with Crippen molar-refractivity contribution >= 4 is 11.7 Å². The summed E-state index contributed by atoms with van der Waals surface area (Å²) in [4.78, 5) is 14.0. The highest BCUT2D eigenvalue weighted by atomic mass is 19.1. The summed E-state index contributed by atoms with van der Waals surface area (Å²) in [6, 6.07) is 12.3. The molecule has 0 bridgehead atoms. The van der Waals surface area contributed by atoms with Gasteiger partial charge in [0.1, 0.15) is 23.3 Å². The summed E-state index contributed by atoms with van der Waals surface area (Å²) in [5.74, 6) is 0.324. The van der Waals surface area contributed by atoms with Crippen LogP contribution < -0.4 is 4.74 Å². The molecular formula is C25H25FN2O3. The summed E-state index contributed by atoms with van der Waals surface area (Å²) < 4.78 is 26.0. The molecule has 2 aliphatic rings. The first-order valence-corrected chi connectivity index (χ1v) is 10.4. The number of rotatable bonds is 2. The van der Waals surface area contributed by atoms with Crippen LogP contribution in [0.1, 0.15) is 55.5 Å². The highest BCUT2D eigenvalue weighted by Gasteiger charge is 2.30. The second kappa shape index (κ2) is 8.07. The fraction of sp³-hybridized carbons (Fsp3) is 0.360. The Morgan fingerprint density at radius 3 is 2.74 bits per heavy atom. The summed E-state index contributed by atoms with van der Waals surface area (Å²) in [6.07, 6.45) is 2.60. The lowest BCUT2D eigenvalue weighted by molar-refractivity contribution is 0.0270. The lowest BCUT2D eigenvalue weighted by Crippen LogP contribution is -2.39. The lowest BCUT2D eigenvalue weighted by atomic mass is 9.92. The first-order valence-electron chi connectivity index (χ1n) is 10.4. The number of benzene rings is 2. The number of fused-ring (bicyclic) bond motifs is 1. The normalized spacial score (nSPS) is 18.0. The Balaban J connectivity index is 1.53. The third-order valence-electron chi connectivity index (χ3n) is 5.47. The van der Waals surface area contributed by atoms with E-state index in [1.165, 1.54) is 6.07 Å². The van der Waals surface area contributed by atoms with E-state index in [-0.39, 0.29) is 6.09 Å². The number of amides is 1. The van der Waals surface area contributed by atoms with Crippen LogP contribution in [0.25, 0.3) is 5.57 Å². The molecule has 31 heavy (non-hydrogen) atoms. The van der Waals surface area contributed by atoms with E-state index in [0.717, 1.165) is 22.4 Å². The third kappa shape index (κ3) is 4.41. The van der Waals surface area contributed by atoms with Gasteiger partial charge >= 0.3 is 6.09 Å². The molecule has 2 aromatic rings. The van der Waals surface area contributed by atoms with Crippen LogP contribution in [0.5, 0.6) is 5.75 Å². The van der Waals surface area contributed by atoms with Crippen molar-refractivity contribution in [3.63, 3.8) is 0 Å². The predicted octanol–water partition coefficient (Wildman–Crippen LogP) is 5.40. The van der Waals surface area contributed by atoms with Crippen LogP contribution in [0.15, 0.2) is 42.5 Å². The van der Waals surface area contributed by atoms with E-state index < -0.39 is 17.5 Å². The van der Waals surface area contributed by atoms with Crippen molar-refractivity contribution < 1.29 is 18.7 Å². The van der Waals surface area contributed by atoms with E-state index in [0.29, 0.717) is 37.1 Å². The van der Waals surface area contributed by atoms with Crippen molar-refractivity contribution in [2.75, 3.05) is 13.1 Å². The van der Waals surface area contributed by atoms with Crippen molar-refractivity contribution in [2.24, 2.45) is 0 Å². The molecule has 0 saturated carbocycles. The van der Waals surface area contributed by atoms with Gasteiger partial charge in [0.25, 0.3) is 0 Å². The maximum atomic E-state index is 14.5. The van der Waals surface area contributed by atoms with Crippen LogP contribution in [0.4, 0.5) is 9.18 Å². The fourth-order valence-corrected chi connectivity index (χ4v) is 4.01. The zero-order chi connectivity index (χ0) is 22.2. The molecule has 2 heterocycles. The van der Waals surface area contributed by atoms with Crippen molar-refractivity contribution in [1.82, 2.24) is 4.90 Å². The lowest BCUT2D eigenvalue weighted by Gasteiger charge is -2.30. The minimum absolute atomic E-state index is 0.291. The summed E-state index contributed by atoms with van der Waals surface area (Å²) >= 11 is 0. The molecule has 2 aliphatic heterocycles. The van der Waals surface area contributed by atoms with Crippen LogP contribution in [0.3, 0.4) is 0 Å². The van der Waals surface area contributed by atoms with Gasteiger partial charge in [-0.05, 0) is 56.5 Å². The molecule has 160 valence electrons. The summed E-state index contributed by atoms with van der Waals surface area (Å²) in [6.45, 7) is 6.64. The largest absolute Gasteiger partial charge is 0.485 e. The van der Waals surface area contributed by atoms with E-state index in [1.807, 2.05) is 39.0 Å². The number of nitriles is 1. The molecule has 0 aromatic heterocycles. The fourth-order valence-electron chi connectivity index (χ4n) is 4.01. The zero-order valence-electron chi connectivity index (χ0n) is 17.9. The Morgan fingerprint density at radius 2 is 2.10 bits per heavy atom. The smallest absolute Gasteiger partial charge is 0.410 e. The molecule has 6 heteroatoms. The molecular weight excluding hydrogens is 395 g/mol. The Hall–Kier alpha value is -3.33. The molecule has 5 nitrogen and oxygen atoms in total. The minimum atomic E-state index is -0.519. The van der Waals surface area contributed by atoms with Gasteiger partial charge in [0, 0.05) is 30.6 Å². The molecule has 0 radical (unpaired) electrons. The second-order valence-corrected chi connectivity index (χ2v) is 8.85. The monoisotopic (exact) mass is 420 g/mol. The molecule has 1 unspecified atom stereocenters. The van der Waals surface area contributed by atoms with Gasteiger partial charge in [-0.3, -0.25) is 0 Å². The van der Waals surface area contributed by atoms with E-state index in [4.69, 9.17) is 14.7 Å². The van der Waals surface area contributed by atoms with E-state index in [2.05, 4.69) is 12.1 Å². The molecule has 2 aromatic carbocycles. The molecule has 4 rings (SSSR count). The van der Waals surface area contributed by atoms with Gasteiger partial charge in [0.2, 0.25) is 0 Å². The number of hydrogen-bond donors (Lipinski definition) is 0. The Labute approximate surface area is 181 Å². The molecule has 0 aliphatic carbocycles. The topological polar surface area (TPSA) is 62.6 Å². The van der Waals surface area contributed by atoms with Gasteiger partial charge < -0.3 is 14.4 Å². The number of ether oxygens (including phenoxy) is 2. The van der Waals surface area contributed by atoms with Crippen LogP contribution in [-0.4, -0.2) is 29.7 Å². The second-order valence-electron chi connectivity index (χ2n) is 8.85. The van der Waals surface area contributed by atoms with Crippen LogP contribution in [0.2, 0.25) is 0 Å². The van der Waals surface area contributed by atoms with Crippen LogP contribution in [0, 0.1) is 17.1 Å². The van der Waals surface area contributed by atoms with Gasteiger partial charge in [0.15, 0.2) is 0 Å². The minimum Gasteiger partial charge on any atom is -0.485 e. The molecule has 0 N–H and O–H groups in total. The molecule has 1 atom stereocenters. The van der Waals surface area contributed by atoms with Crippen LogP contribution >= 0.6 is 0 Å². The van der Waals surface area contributed by atoms with Crippen molar-refractivity contribution in [3.8, 4) is 11.8 Å². The first kappa shape index (κ1) is 20.9. The molecule has 0 fully saturated rings. The quantitative estimate of drug-likeness (QED) is 0.653. The highest BCUT2D eigenvalue weighted by molar-refractivity contribution is 5.75. The van der Waals surface area contributed by atoms with E-state index >= 15 is 0 Å². The SMILES string of the molecule is CC(C)(C)OC(=O)N1CC=C(c2cccc3c2CC(c2ccc(C#N)cc2F)O3)CC1. The predicted molar refractivity (Wildman–Crippen MR) is 115 cm³/mol. The van der Waals surface area contributed by atoms with E-state index in [1.54, 1.807) is 17.0 Å². The number of carbonyl (C=O) groups excluding carboxylic acids is 1. The van der Waals surface area contributed by atoms with Gasteiger partial charge in [0.05, 0.1) is 11.6 Å². The van der Waals surface area contributed by atoms with Gasteiger partial charge in [-0.15, -0.1) is 0 Å². The number of nitrogens with zero attached hydrogens (tertiary/aromatic N) is 2. The third-order valence-corrected chi connectivity index (χ3v) is 5.47. The van der Waals surface area contributed by atoms with Gasteiger partial charge in [-0.25, -0.2) is 9.18 Å². The first-order chi connectivity index (χ1) is 14.7. The summed E-state index contributed by atoms with van der Waals surface area (Å²) in [7, 11) is 0. The maximum absolute atomic E-state index is 14.5. The van der Waals surface area contributed by atoms with E-state index in [9.17, 15) is 9.18 Å². The standard InChI is InChI=1S/C25H25FN2O3/c1-25(2,3)31-24(29)28-11-9-17(10-12-28)18-5-4-6-22-20(18)14-23(30-22)19-8-7-16(15-27)13-21(19)26/h4-9,13,23H,10-12,14H2,1-3H3. The van der Waals surface area contributed by atoms with Crippen molar-refractivity contribution in [1.29, 1.82) is 5.26 Å². The molecule has 0 saturated heterocycles. The van der Waals surface area contributed by atoms with Crippen molar-refractivity contribution in [2.45, 2.75) is 45.3 Å². The number of hydrogen-bond acceptors (Lipinski definition) is 4. The number of carbonyl (C=O) groups is 1. The van der Waals surface area contributed by atoms with Gasteiger partial charge in [-0.2, -0.15) is 5.26 Å². The highest BCUT2D eigenvalue weighted by Crippen LogP contribution is 2.42. The average Bonchev–Trinajstić information content (AvgIpc) is 3.16. The molecule has 1 amide bonds. The molecule has 0 spiro atoms. The van der Waals surface area contributed by atoms with Crippen LogP contribution in [-0.2, 0) is 11.2 Å².